The molecule has 7 nitrogen and oxygen atoms in total. The minimum atomic E-state index is -0.0919. The number of para-hydroxylation sites is 2. The maximum absolute atomic E-state index is 13.9. The lowest BCUT2D eigenvalue weighted by Gasteiger charge is -2.15. The first-order valence-electron chi connectivity index (χ1n) is 11.4. The Kier molecular flexibility index (Phi) is 4.55. The van der Waals surface area contributed by atoms with Crippen LogP contribution in [-0.4, -0.2) is 36.8 Å². The molecule has 33 heavy (non-hydrogen) atoms. The molecule has 5 aromatic rings. The molecular weight excluding hydrogens is 414 g/mol. The van der Waals surface area contributed by atoms with Gasteiger partial charge in [-0.1, -0.05) is 18.2 Å². The van der Waals surface area contributed by atoms with E-state index in [-0.39, 0.29) is 11.7 Å². The Labute approximate surface area is 190 Å². The van der Waals surface area contributed by atoms with Crippen LogP contribution in [0.5, 0.6) is 0 Å². The molecule has 0 N–H and O–H groups in total. The van der Waals surface area contributed by atoms with Gasteiger partial charge in [0.05, 0.1) is 23.7 Å². The number of fused-ring (bicyclic) bond motifs is 4. The predicted molar refractivity (Wildman–Crippen MR) is 129 cm³/mol. The predicted octanol–water partition coefficient (Wildman–Crippen LogP) is 4.39. The number of ether oxygens (including phenoxy) is 1. The van der Waals surface area contributed by atoms with Crippen molar-refractivity contribution in [2.24, 2.45) is 0 Å². The second-order valence-electron chi connectivity index (χ2n) is 8.97. The van der Waals surface area contributed by atoms with Crippen LogP contribution in [0.1, 0.15) is 29.8 Å². The number of aryl methyl sites for hydroxylation is 3. The van der Waals surface area contributed by atoms with Crippen molar-refractivity contribution in [2.75, 3.05) is 6.61 Å². The van der Waals surface area contributed by atoms with E-state index in [4.69, 9.17) is 19.7 Å². The summed E-state index contributed by atoms with van der Waals surface area (Å²) in [6.45, 7) is 7.27. The molecule has 4 heterocycles. The minimum Gasteiger partial charge on any atom is -0.376 e. The molecule has 2 aromatic carbocycles. The average Bonchev–Trinajstić information content (AvgIpc) is 3.40. The first-order chi connectivity index (χ1) is 16.0. The number of aromatic nitrogens is 5. The van der Waals surface area contributed by atoms with Gasteiger partial charge in [0.15, 0.2) is 11.3 Å². The summed E-state index contributed by atoms with van der Waals surface area (Å²) in [6.07, 6.45) is 2.02. The van der Waals surface area contributed by atoms with Crippen molar-refractivity contribution in [3.63, 3.8) is 0 Å². The third kappa shape index (κ3) is 3.23. The van der Waals surface area contributed by atoms with Gasteiger partial charge in [-0.3, -0.25) is 13.9 Å². The SMILES string of the molecule is Cc1cc(C)cc(-n2c3nc4ccccc4nc3c3c(=O)n(C[C@H]4CCCO4)c(C)nc32)c1. The first kappa shape index (κ1) is 20.1. The fraction of sp³-hybridized carbons (Fsp3) is 0.308. The van der Waals surface area contributed by atoms with Gasteiger partial charge < -0.3 is 4.74 Å². The van der Waals surface area contributed by atoms with E-state index in [0.29, 0.717) is 34.6 Å². The van der Waals surface area contributed by atoms with Gasteiger partial charge in [-0.05, 0) is 69.0 Å². The maximum atomic E-state index is 13.9. The van der Waals surface area contributed by atoms with Gasteiger partial charge >= 0.3 is 0 Å². The number of benzene rings is 2. The quantitative estimate of drug-likeness (QED) is 0.417. The second kappa shape index (κ2) is 7.49. The van der Waals surface area contributed by atoms with Crippen LogP contribution in [0.2, 0.25) is 0 Å². The molecule has 1 saturated heterocycles. The summed E-state index contributed by atoms with van der Waals surface area (Å²) in [5, 5.41) is 0.506. The summed E-state index contributed by atoms with van der Waals surface area (Å²) in [6, 6.07) is 14.1. The largest absolute Gasteiger partial charge is 0.376 e. The highest BCUT2D eigenvalue weighted by Gasteiger charge is 2.24. The van der Waals surface area contributed by atoms with Crippen LogP contribution < -0.4 is 5.56 Å². The van der Waals surface area contributed by atoms with E-state index >= 15 is 0 Å². The van der Waals surface area contributed by atoms with Gasteiger partial charge in [-0.15, -0.1) is 0 Å². The third-order valence-corrected chi connectivity index (χ3v) is 6.43. The highest BCUT2D eigenvalue weighted by atomic mass is 16.5. The fourth-order valence-corrected chi connectivity index (χ4v) is 4.96. The molecule has 0 unspecified atom stereocenters. The molecular formula is C26H25N5O2. The zero-order valence-corrected chi connectivity index (χ0v) is 19.0. The number of nitrogens with zero attached hydrogens (tertiary/aromatic N) is 5. The van der Waals surface area contributed by atoms with Crippen LogP contribution >= 0.6 is 0 Å². The molecule has 0 amide bonds. The molecule has 166 valence electrons. The van der Waals surface area contributed by atoms with E-state index < -0.39 is 0 Å². The summed E-state index contributed by atoms with van der Waals surface area (Å²) in [4.78, 5) is 28.6. The van der Waals surface area contributed by atoms with Crippen LogP contribution in [-0.2, 0) is 11.3 Å². The van der Waals surface area contributed by atoms with Gasteiger partial charge in [-0.25, -0.2) is 15.0 Å². The van der Waals surface area contributed by atoms with Gasteiger partial charge in [0.1, 0.15) is 16.7 Å². The standard InChI is InChI=1S/C26H25N5O2/c1-15-11-16(2)13-18(12-15)31-24-22(23-25(31)29-21-9-5-4-8-20(21)28-23)26(32)30(17(3)27-24)14-19-7-6-10-33-19/h4-5,8-9,11-13,19H,6-7,10,14H2,1-3H3/t19-/m1/s1. The van der Waals surface area contributed by atoms with Crippen LogP contribution in [0.4, 0.5) is 0 Å². The van der Waals surface area contributed by atoms with Crippen LogP contribution in [0, 0.1) is 20.8 Å². The first-order valence-corrected chi connectivity index (χ1v) is 11.4. The molecule has 0 bridgehead atoms. The van der Waals surface area contributed by atoms with E-state index in [0.717, 1.165) is 47.3 Å². The van der Waals surface area contributed by atoms with Crippen LogP contribution in [0.3, 0.4) is 0 Å². The van der Waals surface area contributed by atoms with Crippen LogP contribution in [0.25, 0.3) is 38.9 Å². The molecule has 0 aliphatic carbocycles. The molecule has 3 aromatic heterocycles. The summed E-state index contributed by atoms with van der Waals surface area (Å²) in [5.74, 6) is 0.668. The number of rotatable bonds is 3. The maximum Gasteiger partial charge on any atom is 0.265 e. The Hall–Kier alpha value is -3.58. The summed E-state index contributed by atoms with van der Waals surface area (Å²) in [7, 11) is 0. The smallest absolute Gasteiger partial charge is 0.265 e. The van der Waals surface area contributed by atoms with Gasteiger partial charge in [0, 0.05) is 12.3 Å². The lowest BCUT2D eigenvalue weighted by atomic mass is 10.1. The van der Waals surface area contributed by atoms with E-state index in [1.54, 1.807) is 4.57 Å². The molecule has 1 aliphatic rings. The molecule has 0 saturated carbocycles. The van der Waals surface area contributed by atoms with Gasteiger partial charge in [0.25, 0.3) is 5.56 Å². The molecule has 1 aliphatic heterocycles. The Morgan fingerprint density at radius 3 is 2.39 bits per heavy atom. The minimum absolute atomic E-state index is 0.0420. The van der Waals surface area contributed by atoms with Gasteiger partial charge in [0.2, 0.25) is 0 Å². The highest BCUT2D eigenvalue weighted by Crippen LogP contribution is 2.29. The highest BCUT2D eigenvalue weighted by molar-refractivity contribution is 6.05. The molecule has 6 rings (SSSR count). The third-order valence-electron chi connectivity index (χ3n) is 6.43. The lowest BCUT2D eigenvalue weighted by Crippen LogP contribution is -2.29. The number of hydrogen-bond donors (Lipinski definition) is 0. The Morgan fingerprint density at radius 1 is 0.970 bits per heavy atom. The summed E-state index contributed by atoms with van der Waals surface area (Å²) in [5.41, 5.74) is 6.48. The van der Waals surface area contributed by atoms with Crippen LogP contribution in [0.15, 0.2) is 47.3 Å². The van der Waals surface area contributed by atoms with Gasteiger partial charge in [-0.2, -0.15) is 0 Å². The van der Waals surface area contributed by atoms with Crippen molar-refractivity contribution in [1.82, 2.24) is 24.1 Å². The van der Waals surface area contributed by atoms with Crippen molar-refractivity contribution < 1.29 is 4.74 Å². The van der Waals surface area contributed by atoms with E-state index in [2.05, 4.69) is 32.0 Å². The topological polar surface area (TPSA) is 74.8 Å². The zero-order chi connectivity index (χ0) is 22.7. The number of hydrogen-bond acceptors (Lipinski definition) is 5. The van der Waals surface area contributed by atoms with E-state index in [1.807, 2.05) is 35.8 Å². The van der Waals surface area contributed by atoms with Crippen molar-refractivity contribution >= 4 is 33.2 Å². The average molecular weight is 440 g/mol. The molecule has 0 spiro atoms. The molecule has 0 radical (unpaired) electrons. The monoisotopic (exact) mass is 439 g/mol. The molecule has 1 fully saturated rings. The van der Waals surface area contributed by atoms with E-state index in [1.165, 1.54) is 0 Å². The van der Waals surface area contributed by atoms with Crippen molar-refractivity contribution in [3.05, 3.63) is 69.8 Å². The fourth-order valence-electron chi connectivity index (χ4n) is 4.96. The van der Waals surface area contributed by atoms with Crippen molar-refractivity contribution in [2.45, 2.75) is 46.3 Å². The summed E-state index contributed by atoms with van der Waals surface area (Å²) < 4.78 is 9.52. The molecule has 1 atom stereocenters. The Bertz CT molecular complexity index is 1590. The zero-order valence-electron chi connectivity index (χ0n) is 19.0. The Morgan fingerprint density at radius 2 is 1.70 bits per heavy atom. The lowest BCUT2D eigenvalue weighted by molar-refractivity contribution is 0.0955. The van der Waals surface area contributed by atoms with Crippen molar-refractivity contribution in [1.29, 1.82) is 0 Å². The molecule has 7 heteroatoms. The normalized spacial score (nSPS) is 16.4. The van der Waals surface area contributed by atoms with E-state index in [9.17, 15) is 4.79 Å². The summed E-state index contributed by atoms with van der Waals surface area (Å²) >= 11 is 0. The second-order valence-corrected chi connectivity index (χ2v) is 8.97. The Balaban J connectivity index is 1.73. The van der Waals surface area contributed by atoms with Crippen molar-refractivity contribution in [3.8, 4) is 5.69 Å².